The standard InChI is InChI=1S/C47H54N8O5/c1-29-23-40(54(27-29)46(57)42(48-4)36-15-19-59-20-16-36)44-49-25-38(52-44)34-11-7-32(8-12-34)5-6-33-9-13-35(14-10-33)39-26-50-45(53-39)41-24-30(2)28-55(41)47(58)43(51-31(3)56)37-17-21-60-22-18-37/h7-14,23-26,36-37,40-43,48H,15-22,27-28H2,1-4H3,(H,49,52)(H,50,53)(H,51,56). The Bertz CT molecular complexity index is 2300. The minimum absolute atomic E-state index is 0.0239. The predicted octanol–water partition coefficient (Wildman–Crippen LogP) is 5.47. The number of H-pyrrole nitrogens is 2. The maximum absolute atomic E-state index is 14.0. The van der Waals surface area contributed by atoms with Gasteiger partial charge in [0.15, 0.2) is 0 Å². The van der Waals surface area contributed by atoms with Crippen LogP contribution in [-0.4, -0.2) is 106 Å². The highest BCUT2D eigenvalue weighted by molar-refractivity contribution is 5.88. The first-order valence-electron chi connectivity index (χ1n) is 21.0. The van der Waals surface area contributed by atoms with Gasteiger partial charge in [-0.1, -0.05) is 59.4 Å². The summed E-state index contributed by atoms with van der Waals surface area (Å²) in [6.07, 6.45) is 11.0. The summed E-state index contributed by atoms with van der Waals surface area (Å²) in [7, 11) is 1.87. The molecule has 0 spiro atoms. The summed E-state index contributed by atoms with van der Waals surface area (Å²) >= 11 is 0. The van der Waals surface area contributed by atoms with E-state index in [2.05, 4.69) is 51.5 Å². The number of nitrogens with zero attached hydrogens (tertiary/aromatic N) is 4. The van der Waals surface area contributed by atoms with Crippen molar-refractivity contribution in [3.05, 3.63) is 107 Å². The van der Waals surface area contributed by atoms with Crippen LogP contribution in [0.25, 0.3) is 22.5 Å². The number of aromatic amines is 2. The van der Waals surface area contributed by atoms with Crippen LogP contribution in [0.4, 0.5) is 0 Å². The van der Waals surface area contributed by atoms with Crippen molar-refractivity contribution in [2.24, 2.45) is 11.8 Å². The molecular formula is C47H54N8O5. The minimum Gasteiger partial charge on any atom is -0.381 e. The van der Waals surface area contributed by atoms with Gasteiger partial charge < -0.3 is 39.9 Å². The number of hydrogen-bond acceptors (Lipinski definition) is 8. The van der Waals surface area contributed by atoms with Crippen molar-refractivity contribution in [3.63, 3.8) is 0 Å². The molecule has 60 heavy (non-hydrogen) atoms. The largest absolute Gasteiger partial charge is 0.381 e. The third-order valence-corrected chi connectivity index (χ3v) is 12.1. The quantitative estimate of drug-likeness (QED) is 0.121. The van der Waals surface area contributed by atoms with Gasteiger partial charge in [-0.3, -0.25) is 14.4 Å². The first-order valence-corrected chi connectivity index (χ1v) is 21.0. The van der Waals surface area contributed by atoms with E-state index >= 15 is 0 Å². The van der Waals surface area contributed by atoms with Crippen LogP contribution in [0.1, 0.15) is 81.3 Å². The number of nitrogens with one attached hydrogen (secondary N) is 4. The normalized spacial score (nSPS) is 20.9. The van der Waals surface area contributed by atoms with E-state index in [1.807, 2.05) is 78.5 Å². The summed E-state index contributed by atoms with van der Waals surface area (Å²) in [5.41, 5.74) is 7.64. The Balaban J connectivity index is 0.904. The molecule has 4 aliphatic heterocycles. The molecule has 2 aromatic carbocycles. The third-order valence-electron chi connectivity index (χ3n) is 12.1. The molecule has 0 aliphatic carbocycles. The van der Waals surface area contributed by atoms with Crippen molar-refractivity contribution >= 4 is 17.7 Å². The summed E-state index contributed by atoms with van der Waals surface area (Å²) in [6.45, 7) is 9.15. The number of imidazole rings is 2. The van der Waals surface area contributed by atoms with Crippen LogP contribution >= 0.6 is 0 Å². The van der Waals surface area contributed by atoms with Crippen LogP contribution in [0.5, 0.6) is 0 Å². The van der Waals surface area contributed by atoms with Gasteiger partial charge in [0.05, 0.1) is 29.8 Å². The third kappa shape index (κ3) is 9.01. The molecular weight excluding hydrogens is 757 g/mol. The summed E-state index contributed by atoms with van der Waals surface area (Å²) in [4.78, 5) is 60.1. The Morgan fingerprint density at radius 2 is 1.10 bits per heavy atom. The Morgan fingerprint density at radius 3 is 1.52 bits per heavy atom. The fourth-order valence-corrected chi connectivity index (χ4v) is 8.94. The molecule has 4 N–H and O–H groups in total. The molecule has 4 aromatic rings. The Labute approximate surface area is 351 Å². The number of benzene rings is 2. The molecule has 312 valence electrons. The molecule has 0 radical (unpaired) electrons. The van der Waals surface area contributed by atoms with E-state index in [1.54, 1.807) is 6.20 Å². The van der Waals surface area contributed by atoms with Gasteiger partial charge in [0.2, 0.25) is 17.7 Å². The van der Waals surface area contributed by atoms with Crippen molar-refractivity contribution in [1.29, 1.82) is 0 Å². The molecule has 3 amide bonds. The molecule has 6 heterocycles. The van der Waals surface area contributed by atoms with Crippen LogP contribution < -0.4 is 10.6 Å². The molecule has 0 saturated carbocycles. The Morgan fingerprint density at radius 1 is 0.683 bits per heavy atom. The van der Waals surface area contributed by atoms with Crippen LogP contribution in [0, 0.1) is 23.7 Å². The second kappa shape index (κ2) is 18.2. The number of rotatable bonds is 10. The highest BCUT2D eigenvalue weighted by atomic mass is 16.5. The lowest BCUT2D eigenvalue weighted by molar-refractivity contribution is -0.139. The van der Waals surface area contributed by atoms with Crippen molar-refractivity contribution in [2.45, 2.75) is 70.6 Å². The van der Waals surface area contributed by atoms with Crippen molar-refractivity contribution in [3.8, 4) is 34.4 Å². The Kier molecular flexibility index (Phi) is 12.4. The average Bonchev–Trinajstić information content (AvgIpc) is 4.10. The predicted molar refractivity (Wildman–Crippen MR) is 228 cm³/mol. The SMILES string of the molecule is CNC(C(=O)N1CC(C)=CC1c1ncc(-c2ccc(C#Cc3ccc(-c4cnc(C5C=C(C)CN5C(=O)C(NC(C)=O)C5CCOCC5)[nH]4)cc3)cc2)[nH]1)C1CCOCC1. The van der Waals surface area contributed by atoms with Crippen LogP contribution in [0.2, 0.25) is 0 Å². The lowest BCUT2D eigenvalue weighted by atomic mass is 9.90. The van der Waals surface area contributed by atoms with Crippen LogP contribution in [0.15, 0.2) is 84.2 Å². The van der Waals surface area contributed by atoms with E-state index in [-0.39, 0.29) is 47.7 Å². The summed E-state index contributed by atoms with van der Waals surface area (Å²) in [5, 5.41) is 6.23. The summed E-state index contributed by atoms with van der Waals surface area (Å²) in [5.74, 6) is 8.04. The number of amides is 3. The molecule has 4 aliphatic rings. The fraction of sp³-hybridized carbons (Fsp3) is 0.426. The topological polar surface area (TPSA) is 158 Å². The van der Waals surface area contributed by atoms with E-state index in [0.29, 0.717) is 45.3 Å². The van der Waals surface area contributed by atoms with Crippen molar-refractivity contribution < 1.29 is 23.9 Å². The van der Waals surface area contributed by atoms with Gasteiger partial charge in [0.25, 0.3) is 0 Å². The zero-order valence-corrected chi connectivity index (χ0v) is 34.8. The molecule has 13 nitrogen and oxygen atoms in total. The van der Waals surface area contributed by atoms with E-state index in [4.69, 9.17) is 19.4 Å². The maximum atomic E-state index is 14.0. The number of ether oxygens (including phenoxy) is 2. The second-order valence-electron chi connectivity index (χ2n) is 16.5. The number of aromatic nitrogens is 4. The van der Waals surface area contributed by atoms with E-state index in [0.717, 1.165) is 76.3 Å². The first-order chi connectivity index (χ1) is 29.1. The second-order valence-corrected chi connectivity index (χ2v) is 16.5. The molecule has 4 unspecified atom stereocenters. The summed E-state index contributed by atoms with van der Waals surface area (Å²) in [6, 6.07) is 14.6. The molecule has 2 fully saturated rings. The zero-order chi connectivity index (χ0) is 41.8. The highest BCUT2D eigenvalue weighted by Crippen LogP contribution is 2.34. The van der Waals surface area contributed by atoms with E-state index in [1.165, 1.54) is 6.92 Å². The molecule has 8 rings (SSSR count). The summed E-state index contributed by atoms with van der Waals surface area (Å²) < 4.78 is 11.1. The average molecular weight is 811 g/mol. The number of carbonyl (C=O) groups is 3. The van der Waals surface area contributed by atoms with Crippen LogP contribution in [0.3, 0.4) is 0 Å². The zero-order valence-electron chi connectivity index (χ0n) is 34.8. The van der Waals surface area contributed by atoms with Crippen molar-refractivity contribution in [1.82, 2.24) is 40.4 Å². The molecule has 2 saturated heterocycles. The lowest BCUT2D eigenvalue weighted by Gasteiger charge is -2.34. The number of carbonyl (C=O) groups excluding carboxylic acids is 3. The first kappa shape index (κ1) is 40.9. The van der Waals surface area contributed by atoms with Gasteiger partial charge in [-0.05, 0) is 93.8 Å². The van der Waals surface area contributed by atoms with Gasteiger partial charge in [0, 0.05) is 57.6 Å². The molecule has 2 aromatic heterocycles. The van der Waals surface area contributed by atoms with Gasteiger partial charge in [-0.25, -0.2) is 9.97 Å². The number of hydrogen-bond donors (Lipinski definition) is 4. The number of likely N-dealkylation sites (N-methyl/N-ethyl adjacent to an activating group) is 1. The van der Waals surface area contributed by atoms with E-state index < -0.39 is 6.04 Å². The lowest BCUT2D eigenvalue weighted by Crippen LogP contribution is -2.53. The Hall–Kier alpha value is -5.81. The molecule has 4 atom stereocenters. The van der Waals surface area contributed by atoms with Gasteiger partial charge in [0.1, 0.15) is 29.8 Å². The minimum atomic E-state index is -0.604. The molecule has 13 heteroatoms. The van der Waals surface area contributed by atoms with Crippen molar-refractivity contribution in [2.75, 3.05) is 46.6 Å². The maximum Gasteiger partial charge on any atom is 0.246 e. The van der Waals surface area contributed by atoms with Gasteiger partial charge >= 0.3 is 0 Å². The van der Waals surface area contributed by atoms with Crippen LogP contribution in [-0.2, 0) is 23.9 Å². The highest BCUT2D eigenvalue weighted by Gasteiger charge is 2.40. The van der Waals surface area contributed by atoms with E-state index in [9.17, 15) is 14.4 Å². The smallest absolute Gasteiger partial charge is 0.246 e. The van der Waals surface area contributed by atoms with Gasteiger partial charge in [-0.2, -0.15) is 0 Å². The fourth-order valence-electron chi connectivity index (χ4n) is 8.94. The molecule has 0 bridgehead atoms. The van der Waals surface area contributed by atoms with Gasteiger partial charge in [-0.15, -0.1) is 0 Å². The monoisotopic (exact) mass is 810 g/mol.